The second kappa shape index (κ2) is 9.09. The normalized spacial score (nSPS) is 32.5. The van der Waals surface area contributed by atoms with Gasteiger partial charge in [-0.2, -0.15) is 8.62 Å². The molecule has 180 valence electrons. The van der Waals surface area contributed by atoms with Crippen LogP contribution in [0.4, 0.5) is 0 Å². The number of phosphoric acid groups is 3. The van der Waals surface area contributed by atoms with Gasteiger partial charge in [0, 0.05) is 11.8 Å². The highest BCUT2D eigenvalue weighted by atomic mass is 31.3. The Bertz CT molecular complexity index is 1020. The summed E-state index contributed by atoms with van der Waals surface area (Å²) >= 11 is 0. The molecule has 32 heavy (non-hydrogen) atoms. The third-order valence-corrected chi connectivity index (χ3v) is 7.84. The van der Waals surface area contributed by atoms with Crippen molar-refractivity contribution >= 4 is 29.4 Å². The third-order valence-electron chi connectivity index (χ3n) is 4.06. The van der Waals surface area contributed by atoms with Gasteiger partial charge >= 0.3 is 23.5 Å². The molecular weight excluding hydrogens is 501 g/mol. The Balaban J connectivity index is 2.20. The number of hydrogen-bond donors (Lipinski definition) is 7. The molecule has 0 aromatic heterocycles. The van der Waals surface area contributed by atoms with Gasteiger partial charge in [0.1, 0.15) is 24.6 Å². The number of aliphatic hydroxyl groups excluding tert-OH is 2. The molecule has 0 spiro atoms. The fourth-order valence-corrected chi connectivity index (χ4v) is 5.69. The first-order chi connectivity index (χ1) is 14.4. The van der Waals surface area contributed by atoms with Crippen molar-refractivity contribution in [3.05, 3.63) is 24.2 Å². The Hall–Kier alpha value is -1.40. The van der Waals surface area contributed by atoms with Gasteiger partial charge in [0.25, 0.3) is 5.91 Å². The first-order valence-electron chi connectivity index (χ1n) is 8.19. The molecule has 1 saturated heterocycles. The lowest BCUT2D eigenvalue weighted by atomic mass is 9.97. The van der Waals surface area contributed by atoms with Crippen LogP contribution in [-0.2, 0) is 36.4 Å². The molecule has 0 aliphatic carbocycles. The van der Waals surface area contributed by atoms with E-state index in [4.69, 9.17) is 25.8 Å². The first-order valence-corrected chi connectivity index (χ1v) is 12.7. The zero-order chi connectivity index (χ0) is 24.7. The van der Waals surface area contributed by atoms with Crippen LogP contribution in [-0.4, -0.2) is 71.2 Å². The third kappa shape index (κ3) is 6.13. The van der Waals surface area contributed by atoms with E-state index in [1.807, 2.05) is 5.92 Å². The largest absolute Gasteiger partial charge is 0.490 e. The predicted octanol–water partition coefficient (Wildman–Crippen LogP) is -1.41. The number of phosphoric ester groups is 1. The minimum atomic E-state index is -5.78. The Morgan fingerprint density at radius 3 is 2.38 bits per heavy atom. The summed E-state index contributed by atoms with van der Waals surface area (Å²) in [6.07, 6.45) is 1.38. The van der Waals surface area contributed by atoms with Crippen LogP contribution < -0.4 is 5.32 Å². The zero-order valence-electron chi connectivity index (χ0n) is 16.0. The number of terminal acetylenes is 1. The van der Waals surface area contributed by atoms with Crippen LogP contribution in [0.5, 0.6) is 0 Å². The van der Waals surface area contributed by atoms with Crippen LogP contribution in [0.15, 0.2) is 24.2 Å². The first kappa shape index (κ1) is 26.8. The van der Waals surface area contributed by atoms with Crippen molar-refractivity contribution in [3.63, 3.8) is 0 Å². The molecule has 0 saturated carbocycles. The van der Waals surface area contributed by atoms with Crippen molar-refractivity contribution in [1.82, 2.24) is 10.2 Å². The highest BCUT2D eigenvalue weighted by molar-refractivity contribution is 7.66. The van der Waals surface area contributed by atoms with Crippen molar-refractivity contribution in [1.29, 1.82) is 0 Å². The Labute approximate surface area is 180 Å². The Morgan fingerprint density at radius 1 is 1.25 bits per heavy atom. The molecule has 19 heteroatoms. The summed E-state index contributed by atoms with van der Waals surface area (Å²) in [7, 11) is -17.0. The highest BCUT2D eigenvalue weighted by Gasteiger charge is 2.57. The number of aliphatic hydroxyl groups is 2. The number of nitrogens with zero attached hydrogens (tertiary/aromatic N) is 1. The second-order valence-corrected chi connectivity index (χ2v) is 10.9. The van der Waals surface area contributed by atoms with E-state index in [-0.39, 0.29) is 11.4 Å². The molecule has 2 aliphatic rings. The lowest BCUT2D eigenvalue weighted by Gasteiger charge is -2.34. The van der Waals surface area contributed by atoms with Crippen molar-refractivity contribution in [2.45, 2.75) is 31.0 Å². The maximum atomic E-state index is 11.9. The number of nitrogens with one attached hydrogen (secondary N) is 1. The van der Waals surface area contributed by atoms with E-state index in [9.17, 15) is 33.6 Å². The molecule has 1 fully saturated rings. The smallest absolute Gasteiger partial charge is 0.386 e. The fraction of sp³-hybridized carbons (Fsp3) is 0.462. The van der Waals surface area contributed by atoms with Gasteiger partial charge in [-0.05, 0) is 6.92 Å². The van der Waals surface area contributed by atoms with Crippen molar-refractivity contribution in [2.24, 2.45) is 0 Å². The molecule has 0 bridgehead atoms. The Kier molecular flexibility index (Phi) is 7.63. The maximum Gasteiger partial charge on any atom is 0.490 e. The van der Waals surface area contributed by atoms with Gasteiger partial charge in [0.15, 0.2) is 11.8 Å². The number of carbonyl (C=O) groups excluding carboxylic acids is 1. The second-order valence-electron chi connectivity index (χ2n) is 6.46. The molecule has 7 N–H and O–H groups in total. The number of rotatable bonds is 8. The quantitative estimate of drug-likeness (QED) is 0.144. The summed E-state index contributed by atoms with van der Waals surface area (Å²) in [5, 5.41) is 23.1. The van der Waals surface area contributed by atoms with E-state index in [0.29, 0.717) is 0 Å². The summed E-state index contributed by atoms with van der Waals surface area (Å²) in [6.45, 7) is 3.78. The van der Waals surface area contributed by atoms with Gasteiger partial charge in [0.05, 0.1) is 0 Å². The molecule has 0 radical (unpaired) electrons. The van der Waals surface area contributed by atoms with Crippen LogP contribution in [0.25, 0.3) is 0 Å². The zero-order valence-corrected chi connectivity index (χ0v) is 18.7. The van der Waals surface area contributed by atoms with Crippen LogP contribution in [0.2, 0.25) is 0 Å². The topological polar surface area (TPSA) is 242 Å². The molecule has 6 atom stereocenters. The van der Waals surface area contributed by atoms with Crippen molar-refractivity contribution < 1.29 is 66.2 Å². The van der Waals surface area contributed by atoms with Crippen molar-refractivity contribution in [2.75, 3.05) is 6.61 Å². The van der Waals surface area contributed by atoms with Crippen LogP contribution in [0, 0.1) is 12.3 Å². The maximum absolute atomic E-state index is 11.9. The van der Waals surface area contributed by atoms with Gasteiger partial charge in [-0.25, -0.2) is 13.7 Å². The fourth-order valence-electron chi connectivity index (χ4n) is 2.64. The van der Waals surface area contributed by atoms with Crippen LogP contribution in [0.3, 0.4) is 0 Å². The number of ether oxygens (including phenoxy) is 1. The molecule has 2 heterocycles. The molecule has 3 unspecified atom stereocenters. The van der Waals surface area contributed by atoms with E-state index in [1.165, 1.54) is 13.1 Å². The van der Waals surface area contributed by atoms with E-state index in [0.717, 1.165) is 4.90 Å². The standard InChI is InChI=1S/C13H19N2O14P3/c1-4-13(6-26-31(22,23)29-32(24,25)28-30(19,20)21)10(17)9(16)12(27-13)15-5-7(2)11(18)14-8(15)3/h1,5,9-10,12,16-17H,3,6H2,2H3,(H,14,18)(H,22,23)(H,24,25)(H2,19,20,21)/t9?,10-,12-,13-/m1/s1. The average Bonchev–Trinajstić information content (AvgIpc) is 2.85. The predicted molar refractivity (Wildman–Crippen MR) is 101 cm³/mol. The molecule has 2 rings (SSSR count). The van der Waals surface area contributed by atoms with Crippen molar-refractivity contribution in [3.8, 4) is 12.3 Å². The van der Waals surface area contributed by atoms with Gasteiger partial charge in [-0.1, -0.05) is 12.5 Å². The molecule has 2 aliphatic heterocycles. The summed E-state index contributed by atoms with van der Waals surface area (Å²) < 4.78 is 51.0. The van der Waals surface area contributed by atoms with E-state index < -0.39 is 60.0 Å². The monoisotopic (exact) mass is 520 g/mol. The van der Waals surface area contributed by atoms with E-state index in [2.05, 4.69) is 25.0 Å². The SMILES string of the molecule is C#C[C@]1(COP(=O)(O)OP(=O)(O)OP(=O)(O)O)O[C@@H](N2C=C(C)C(=O)NC2=C)C(O)[C@H]1O. The molecule has 16 nitrogen and oxygen atoms in total. The summed E-state index contributed by atoms with van der Waals surface area (Å²) in [4.78, 5) is 48.6. The lowest BCUT2D eigenvalue weighted by molar-refractivity contribution is -0.121. The van der Waals surface area contributed by atoms with Gasteiger partial charge in [-0.3, -0.25) is 9.32 Å². The van der Waals surface area contributed by atoms with Gasteiger partial charge < -0.3 is 44.7 Å². The minimum absolute atomic E-state index is 0.0578. The molecule has 1 amide bonds. The highest BCUT2D eigenvalue weighted by Crippen LogP contribution is 2.66. The van der Waals surface area contributed by atoms with Gasteiger partial charge in [-0.15, -0.1) is 6.42 Å². The van der Waals surface area contributed by atoms with Crippen LogP contribution >= 0.6 is 23.5 Å². The summed E-state index contributed by atoms with van der Waals surface area (Å²) in [6, 6.07) is 0. The number of hydrogen-bond acceptors (Lipinski definition) is 11. The number of carbonyl (C=O) groups is 1. The summed E-state index contributed by atoms with van der Waals surface area (Å²) in [5.74, 6) is 1.39. The summed E-state index contributed by atoms with van der Waals surface area (Å²) in [5.41, 5.74) is -2.15. The van der Waals surface area contributed by atoms with Gasteiger partial charge in [0.2, 0.25) is 0 Å². The Morgan fingerprint density at radius 2 is 1.84 bits per heavy atom. The van der Waals surface area contributed by atoms with E-state index >= 15 is 0 Å². The van der Waals surface area contributed by atoms with E-state index in [1.54, 1.807) is 0 Å². The van der Waals surface area contributed by atoms with Crippen LogP contribution in [0.1, 0.15) is 6.92 Å². The average molecular weight is 520 g/mol. The molecule has 0 aromatic rings. The number of amides is 1. The molecule has 0 aromatic carbocycles. The lowest BCUT2D eigenvalue weighted by Crippen LogP contribution is -2.47. The minimum Gasteiger partial charge on any atom is -0.386 e. The molecular formula is C13H19N2O14P3.